The maximum absolute atomic E-state index is 12.2. The van der Waals surface area contributed by atoms with Gasteiger partial charge in [-0.05, 0) is 78.8 Å². The van der Waals surface area contributed by atoms with E-state index in [1.54, 1.807) is 12.1 Å². The summed E-state index contributed by atoms with van der Waals surface area (Å²) in [6, 6.07) is 46.7. The average Bonchev–Trinajstić information content (AvgIpc) is 3.00. The average molecular weight is 517 g/mol. The largest absolute Gasteiger partial charge is 0.350 e. The number of nitrogens with one attached hydrogen (secondary N) is 1. The zero-order valence-electron chi connectivity index (χ0n) is 21.5. The van der Waals surface area contributed by atoms with Gasteiger partial charge in [0.15, 0.2) is 0 Å². The molecule has 7 aromatic carbocycles. The van der Waals surface area contributed by atoms with Gasteiger partial charge in [0.25, 0.3) is 5.69 Å². The fourth-order valence-corrected chi connectivity index (χ4v) is 5.72. The molecule has 0 fully saturated rings. The topological polar surface area (TPSA) is 55.2 Å². The Bertz CT molecular complexity index is 2010. The minimum absolute atomic E-state index is 0.0353. The van der Waals surface area contributed by atoms with Gasteiger partial charge in [-0.2, -0.15) is 0 Å². The van der Waals surface area contributed by atoms with E-state index < -0.39 is 0 Å². The third-order valence-corrected chi connectivity index (χ3v) is 7.51. The van der Waals surface area contributed by atoms with E-state index in [0.717, 1.165) is 49.5 Å². The van der Waals surface area contributed by atoms with Crippen molar-refractivity contribution in [2.24, 2.45) is 0 Å². The van der Waals surface area contributed by atoms with Crippen LogP contribution in [0.2, 0.25) is 0 Å². The Morgan fingerprint density at radius 2 is 1.00 bits per heavy atom. The van der Waals surface area contributed by atoms with Crippen molar-refractivity contribution in [3.8, 4) is 22.3 Å². The van der Waals surface area contributed by atoms with Gasteiger partial charge >= 0.3 is 0 Å². The number of hydrogen-bond donors (Lipinski definition) is 1. The van der Waals surface area contributed by atoms with Gasteiger partial charge in [0.05, 0.1) is 4.92 Å². The van der Waals surface area contributed by atoms with Gasteiger partial charge in [0, 0.05) is 11.8 Å². The van der Waals surface area contributed by atoms with Crippen LogP contribution in [-0.2, 0) is 0 Å². The molecule has 40 heavy (non-hydrogen) atoms. The van der Waals surface area contributed by atoms with Gasteiger partial charge in [0.1, 0.15) is 5.69 Å². The van der Waals surface area contributed by atoms with Crippen LogP contribution in [0.15, 0.2) is 140 Å². The molecule has 0 saturated heterocycles. The highest BCUT2D eigenvalue weighted by Gasteiger charge is 2.20. The van der Waals surface area contributed by atoms with Gasteiger partial charge in [0.2, 0.25) is 0 Å². The molecule has 0 aromatic heterocycles. The maximum Gasteiger partial charge on any atom is 0.293 e. The molecule has 0 radical (unpaired) electrons. The van der Waals surface area contributed by atoms with Crippen molar-refractivity contribution in [3.05, 3.63) is 150 Å². The molecule has 0 spiro atoms. The predicted octanol–water partition coefficient (Wildman–Crippen LogP) is 10.1. The molecular weight excluding hydrogens is 492 g/mol. The lowest BCUT2D eigenvalue weighted by molar-refractivity contribution is -0.383. The van der Waals surface area contributed by atoms with Crippen LogP contribution in [0.1, 0.15) is 0 Å². The molecule has 0 aliphatic carbocycles. The summed E-state index contributed by atoms with van der Waals surface area (Å²) in [5, 5.41) is 22.2. The maximum atomic E-state index is 12.2. The van der Waals surface area contributed by atoms with Crippen LogP contribution in [0.4, 0.5) is 17.1 Å². The highest BCUT2D eigenvalue weighted by molar-refractivity contribution is 6.21. The van der Waals surface area contributed by atoms with E-state index in [0.29, 0.717) is 5.69 Å². The molecule has 0 unspecified atom stereocenters. The molecule has 0 heterocycles. The number of para-hydroxylation sites is 1. The van der Waals surface area contributed by atoms with Crippen molar-refractivity contribution >= 4 is 49.4 Å². The normalized spacial score (nSPS) is 11.2. The first-order valence-electron chi connectivity index (χ1n) is 13.2. The third kappa shape index (κ3) is 4.03. The molecule has 0 aliphatic rings. The summed E-state index contributed by atoms with van der Waals surface area (Å²) in [5.74, 6) is 0. The van der Waals surface area contributed by atoms with Crippen LogP contribution < -0.4 is 5.32 Å². The zero-order chi connectivity index (χ0) is 27.1. The number of nitrogens with zero attached hydrogens (tertiary/aromatic N) is 1. The van der Waals surface area contributed by atoms with E-state index in [9.17, 15) is 10.1 Å². The summed E-state index contributed by atoms with van der Waals surface area (Å²) in [4.78, 5) is 11.9. The third-order valence-electron chi connectivity index (χ3n) is 7.51. The first-order valence-corrected chi connectivity index (χ1v) is 13.2. The summed E-state index contributed by atoms with van der Waals surface area (Å²) < 4.78 is 0. The smallest absolute Gasteiger partial charge is 0.293 e. The Morgan fingerprint density at radius 3 is 1.60 bits per heavy atom. The van der Waals surface area contributed by atoms with E-state index in [4.69, 9.17) is 0 Å². The number of nitro benzene ring substituents is 1. The first-order chi connectivity index (χ1) is 19.7. The molecule has 190 valence electrons. The molecule has 0 saturated carbocycles. The number of hydrogen-bond acceptors (Lipinski definition) is 3. The van der Waals surface area contributed by atoms with Crippen molar-refractivity contribution in [2.75, 3.05) is 5.32 Å². The number of anilines is 2. The Hall–Kier alpha value is -5.48. The summed E-state index contributed by atoms with van der Waals surface area (Å²) in [5.41, 5.74) is 5.40. The van der Waals surface area contributed by atoms with Gasteiger partial charge in [-0.1, -0.05) is 109 Å². The van der Waals surface area contributed by atoms with E-state index in [2.05, 4.69) is 84.2 Å². The molecule has 4 nitrogen and oxygen atoms in total. The van der Waals surface area contributed by atoms with Gasteiger partial charge in [-0.25, -0.2) is 0 Å². The second-order valence-corrected chi connectivity index (χ2v) is 9.88. The molecule has 1 N–H and O–H groups in total. The van der Waals surface area contributed by atoms with Crippen LogP contribution in [0.5, 0.6) is 0 Å². The van der Waals surface area contributed by atoms with Gasteiger partial charge < -0.3 is 5.32 Å². The van der Waals surface area contributed by atoms with Crippen molar-refractivity contribution < 1.29 is 4.92 Å². The van der Waals surface area contributed by atoms with Crippen LogP contribution in [0.25, 0.3) is 54.6 Å². The van der Waals surface area contributed by atoms with Crippen molar-refractivity contribution in [1.82, 2.24) is 0 Å². The van der Waals surface area contributed by atoms with Crippen LogP contribution in [-0.4, -0.2) is 4.92 Å². The number of nitro groups is 1. The Labute approximate surface area is 231 Å². The molecule has 0 aliphatic heterocycles. The van der Waals surface area contributed by atoms with Gasteiger partial charge in [-0.3, -0.25) is 10.1 Å². The van der Waals surface area contributed by atoms with E-state index in [-0.39, 0.29) is 10.6 Å². The Morgan fingerprint density at radius 1 is 0.500 bits per heavy atom. The Balaban J connectivity index is 1.49. The van der Waals surface area contributed by atoms with E-state index in [1.165, 1.54) is 10.8 Å². The minimum Gasteiger partial charge on any atom is -0.350 e. The SMILES string of the molecule is O=[N+]([O-])c1cc(-c2c3ccccc3c(-c3ccc4ccccc4c3)c3ccccc23)ccc1Nc1ccccc1. The Kier molecular flexibility index (Phi) is 5.72. The van der Waals surface area contributed by atoms with Crippen molar-refractivity contribution in [2.45, 2.75) is 0 Å². The molecule has 7 aromatic rings. The molecule has 0 amide bonds. The first kappa shape index (κ1) is 23.6. The molecule has 7 rings (SSSR count). The molecular formula is C36H24N2O2. The monoisotopic (exact) mass is 516 g/mol. The van der Waals surface area contributed by atoms with E-state index in [1.807, 2.05) is 48.5 Å². The number of benzene rings is 7. The fourth-order valence-electron chi connectivity index (χ4n) is 5.72. The van der Waals surface area contributed by atoms with Crippen LogP contribution >= 0.6 is 0 Å². The zero-order valence-corrected chi connectivity index (χ0v) is 21.5. The van der Waals surface area contributed by atoms with Gasteiger partial charge in [-0.15, -0.1) is 0 Å². The molecule has 0 atom stereocenters. The highest BCUT2D eigenvalue weighted by Crippen LogP contribution is 2.45. The standard InChI is InChI=1S/C36H24N2O2/c39-38(40)34-23-27(20-21-33(34)37-28-12-2-1-3-13-28)36-31-16-8-6-14-29(31)35(30-15-7-9-17-32(30)36)26-19-18-24-10-4-5-11-25(24)22-26/h1-23,37H. The fraction of sp³-hybridized carbons (Fsp3) is 0. The quantitative estimate of drug-likeness (QED) is 0.141. The second-order valence-electron chi connectivity index (χ2n) is 9.88. The lowest BCUT2D eigenvalue weighted by atomic mass is 9.85. The summed E-state index contributed by atoms with van der Waals surface area (Å²) in [6.45, 7) is 0. The molecule has 0 bridgehead atoms. The highest BCUT2D eigenvalue weighted by atomic mass is 16.6. The minimum atomic E-state index is -0.317. The second kappa shape index (κ2) is 9.68. The summed E-state index contributed by atoms with van der Waals surface area (Å²) >= 11 is 0. The van der Waals surface area contributed by atoms with Crippen molar-refractivity contribution in [1.29, 1.82) is 0 Å². The van der Waals surface area contributed by atoms with E-state index >= 15 is 0 Å². The molecule has 4 heteroatoms. The summed E-state index contributed by atoms with van der Waals surface area (Å²) in [6.07, 6.45) is 0. The summed E-state index contributed by atoms with van der Waals surface area (Å²) in [7, 11) is 0. The predicted molar refractivity (Wildman–Crippen MR) is 166 cm³/mol. The van der Waals surface area contributed by atoms with Crippen LogP contribution in [0.3, 0.4) is 0 Å². The van der Waals surface area contributed by atoms with Crippen LogP contribution in [0, 0.1) is 10.1 Å². The number of rotatable bonds is 5. The lowest BCUT2D eigenvalue weighted by Gasteiger charge is -2.18. The lowest BCUT2D eigenvalue weighted by Crippen LogP contribution is -1.98. The number of fused-ring (bicyclic) bond motifs is 3. The van der Waals surface area contributed by atoms with Crippen molar-refractivity contribution in [3.63, 3.8) is 0 Å².